The number of nitrogens with zero attached hydrogens (tertiary/aromatic N) is 2. The predicted molar refractivity (Wildman–Crippen MR) is 150 cm³/mol. The minimum absolute atomic E-state index is 0.0336. The van der Waals surface area contributed by atoms with E-state index in [0.717, 1.165) is 28.3 Å². The summed E-state index contributed by atoms with van der Waals surface area (Å²) in [6.07, 6.45) is 4.47. The van der Waals surface area contributed by atoms with E-state index >= 15 is 0 Å². The van der Waals surface area contributed by atoms with Gasteiger partial charge >= 0.3 is 0 Å². The normalized spacial score (nSPS) is 18.0. The summed E-state index contributed by atoms with van der Waals surface area (Å²) in [6, 6.07) is 13.6. The summed E-state index contributed by atoms with van der Waals surface area (Å²) in [4.78, 5) is 35.4. The van der Waals surface area contributed by atoms with Gasteiger partial charge in [-0.2, -0.15) is 0 Å². The summed E-state index contributed by atoms with van der Waals surface area (Å²) in [5.74, 6) is 1.35. The maximum absolute atomic E-state index is 13.4. The van der Waals surface area contributed by atoms with Crippen molar-refractivity contribution in [1.82, 2.24) is 9.97 Å². The molecule has 2 unspecified atom stereocenters. The second-order valence-electron chi connectivity index (χ2n) is 9.52. The van der Waals surface area contributed by atoms with E-state index in [-0.39, 0.29) is 17.0 Å². The summed E-state index contributed by atoms with van der Waals surface area (Å²) < 4.78 is 12.5. The molecule has 8 nitrogen and oxygen atoms in total. The molecule has 4 N–H and O–H groups in total. The van der Waals surface area contributed by atoms with Gasteiger partial charge in [-0.3, -0.25) is 13.8 Å². The molecule has 0 fully saturated rings. The molecule has 2 aromatic heterocycles. The summed E-state index contributed by atoms with van der Waals surface area (Å²) in [7, 11) is -0.974. The van der Waals surface area contributed by atoms with E-state index in [0.29, 0.717) is 40.8 Å². The molecule has 2 aliphatic rings. The van der Waals surface area contributed by atoms with Crippen LogP contribution in [0.25, 0.3) is 11.3 Å². The van der Waals surface area contributed by atoms with Crippen LogP contribution < -0.4 is 16.0 Å². The molecule has 3 heterocycles. The van der Waals surface area contributed by atoms with E-state index in [9.17, 15) is 13.8 Å². The van der Waals surface area contributed by atoms with Crippen molar-refractivity contribution >= 4 is 51.4 Å². The van der Waals surface area contributed by atoms with Gasteiger partial charge in [0, 0.05) is 57.6 Å². The number of Topliss-reactive ketones (excluding diaryl/α,β-unsaturated/α-hetero) is 1. The highest BCUT2D eigenvalue weighted by Gasteiger charge is 2.33. The molecular weight excluding hydrogens is 506 g/mol. The van der Waals surface area contributed by atoms with Crippen molar-refractivity contribution < 1.29 is 13.8 Å². The van der Waals surface area contributed by atoms with Crippen LogP contribution in [0.5, 0.6) is 0 Å². The lowest BCUT2D eigenvalue weighted by Gasteiger charge is -2.22. The molecule has 192 valence electrons. The zero-order valence-electron chi connectivity index (χ0n) is 20.7. The average Bonchev–Trinajstić information content (AvgIpc) is 3.51. The highest BCUT2D eigenvalue weighted by Crippen LogP contribution is 2.41. The number of primary amides is 1. The van der Waals surface area contributed by atoms with Gasteiger partial charge in [-0.05, 0) is 36.6 Å². The minimum atomic E-state index is -0.974. The number of rotatable bonds is 8. The Bertz CT molecular complexity index is 1400. The van der Waals surface area contributed by atoms with E-state index < -0.39 is 16.7 Å². The van der Waals surface area contributed by atoms with Gasteiger partial charge in [-0.1, -0.05) is 43.8 Å². The van der Waals surface area contributed by atoms with E-state index in [1.807, 2.05) is 61.2 Å². The molecule has 0 bridgehead atoms. The highest BCUT2D eigenvalue weighted by molar-refractivity contribution is 8.04. The van der Waals surface area contributed by atoms with Crippen molar-refractivity contribution in [3.63, 3.8) is 0 Å². The fourth-order valence-corrected chi connectivity index (χ4v) is 6.55. The maximum atomic E-state index is 13.4. The summed E-state index contributed by atoms with van der Waals surface area (Å²) in [5.41, 5.74) is 10.2. The zero-order valence-corrected chi connectivity index (χ0v) is 22.3. The zero-order chi connectivity index (χ0) is 26.1. The number of fused-ring (bicyclic) bond motifs is 1. The van der Waals surface area contributed by atoms with Crippen LogP contribution in [-0.4, -0.2) is 42.7 Å². The number of para-hydroxylation sites is 1. The molecule has 1 aliphatic carbocycles. The van der Waals surface area contributed by atoms with Crippen LogP contribution in [0.3, 0.4) is 0 Å². The molecule has 0 spiro atoms. The molecule has 37 heavy (non-hydrogen) atoms. The lowest BCUT2D eigenvalue weighted by molar-refractivity contribution is -0.113. The number of ketones is 1. The Hall–Kier alpha value is -3.37. The second kappa shape index (κ2) is 10.5. The summed E-state index contributed by atoms with van der Waals surface area (Å²) in [5, 5.41) is 3.54. The SMILES string of the molecule is CC(C)S(=O)CC1CC(=O)c2c([nH]c(-c3ccnc(N4C=C(C(N)=O)SC4)c3)c2Nc2ccccc2)C1. The number of pyridine rings is 1. The van der Waals surface area contributed by atoms with Crippen LogP contribution in [0.2, 0.25) is 0 Å². The minimum Gasteiger partial charge on any atom is -0.365 e. The lowest BCUT2D eigenvalue weighted by atomic mass is 9.87. The molecule has 3 aromatic rings. The lowest BCUT2D eigenvalue weighted by Crippen LogP contribution is -2.26. The van der Waals surface area contributed by atoms with Crippen molar-refractivity contribution in [2.75, 3.05) is 21.8 Å². The first-order chi connectivity index (χ1) is 17.8. The van der Waals surface area contributed by atoms with Gasteiger partial charge in [-0.25, -0.2) is 4.98 Å². The number of carbonyl (C=O) groups excluding carboxylic acids is 2. The van der Waals surface area contributed by atoms with Crippen molar-refractivity contribution in [3.8, 4) is 11.3 Å². The number of benzene rings is 1. The fraction of sp³-hybridized carbons (Fsp3) is 0.296. The summed E-state index contributed by atoms with van der Waals surface area (Å²) in [6.45, 7) is 3.89. The average molecular weight is 536 g/mol. The first-order valence-electron chi connectivity index (χ1n) is 12.1. The molecule has 0 saturated heterocycles. The molecule has 1 aliphatic heterocycles. The molecule has 5 rings (SSSR count). The van der Waals surface area contributed by atoms with Crippen LogP contribution >= 0.6 is 11.8 Å². The molecule has 0 radical (unpaired) electrons. The number of nitrogens with one attached hydrogen (secondary N) is 2. The number of H-pyrrole nitrogens is 1. The third-order valence-electron chi connectivity index (χ3n) is 6.50. The second-order valence-corrected chi connectivity index (χ2v) is 12.5. The Morgan fingerprint density at radius 3 is 2.76 bits per heavy atom. The number of hydrogen-bond acceptors (Lipinski definition) is 7. The monoisotopic (exact) mass is 535 g/mol. The number of nitrogens with two attached hydrogens (primary N) is 1. The smallest absolute Gasteiger partial charge is 0.256 e. The number of amides is 1. The van der Waals surface area contributed by atoms with Crippen LogP contribution in [0, 0.1) is 5.92 Å². The van der Waals surface area contributed by atoms with Crippen molar-refractivity contribution in [1.29, 1.82) is 0 Å². The van der Waals surface area contributed by atoms with Crippen LogP contribution in [0.4, 0.5) is 17.2 Å². The first-order valence-corrected chi connectivity index (χ1v) is 14.5. The first kappa shape index (κ1) is 25.3. The van der Waals surface area contributed by atoms with E-state index in [2.05, 4.69) is 15.3 Å². The number of hydrogen-bond donors (Lipinski definition) is 3. The largest absolute Gasteiger partial charge is 0.365 e. The Morgan fingerprint density at radius 2 is 2.05 bits per heavy atom. The fourth-order valence-electron chi connectivity index (χ4n) is 4.64. The number of aromatic amines is 1. The predicted octanol–water partition coefficient (Wildman–Crippen LogP) is 4.56. The number of anilines is 3. The topological polar surface area (TPSA) is 121 Å². The van der Waals surface area contributed by atoms with Gasteiger partial charge in [0.25, 0.3) is 5.91 Å². The molecule has 1 aromatic carbocycles. The number of carbonyl (C=O) groups is 2. The van der Waals surface area contributed by atoms with Crippen molar-refractivity contribution in [3.05, 3.63) is 71.0 Å². The van der Waals surface area contributed by atoms with Crippen LogP contribution in [-0.2, 0) is 22.0 Å². The Morgan fingerprint density at radius 1 is 1.27 bits per heavy atom. The van der Waals surface area contributed by atoms with Crippen molar-refractivity contribution in [2.45, 2.75) is 31.9 Å². The molecule has 0 saturated carbocycles. The molecule has 10 heteroatoms. The third-order valence-corrected chi connectivity index (χ3v) is 9.37. The standard InChI is InChI=1S/C27H29N5O3S2/c1-16(2)37(35)14-17-10-20-24(21(33)11-17)26(30-19-6-4-3-5-7-19)25(31-20)18-8-9-29-23(12-18)32-13-22(27(28)34)36-15-32/h3-9,12-13,16-17,30-31H,10-11,14-15H2,1-2H3,(H2,28,34). The van der Waals surface area contributed by atoms with E-state index in [4.69, 9.17) is 5.73 Å². The van der Waals surface area contributed by atoms with Gasteiger partial charge in [0.2, 0.25) is 0 Å². The quantitative estimate of drug-likeness (QED) is 0.387. The molecule has 2 atom stereocenters. The van der Waals surface area contributed by atoms with Crippen molar-refractivity contribution in [2.24, 2.45) is 11.7 Å². The van der Waals surface area contributed by atoms with Gasteiger partial charge in [0.15, 0.2) is 5.78 Å². The van der Waals surface area contributed by atoms with Crippen LogP contribution in [0.15, 0.2) is 59.8 Å². The Kier molecular flexibility index (Phi) is 7.21. The van der Waals surface area contributed by atoms with Gasteiger partial charge in [0.1, 0.15) is 5.82 Å². The Labute approximate surface area is 222 Å². The third kappa shape index (κ3) is 5.35. The van der Waals surface area contributed by atoms with Gasteiger partial charge in [-0.15, -0.1) is 0 Å². The number of thioether (sulfide) groups is 1. The van der Waals surface area contributed by atoms with E-state index in [1.165, 1.54) is 11.8 Å². The number of aromatic nitrogens is 2. The molecule has 1 amide bonds. The summed E-state index contributed by atoms with van der Waals surface area (Å²) >= 11 is 1.37. The highest BCUT2D eigenvalue weighted by atomic mass is 32.2. The van der Waals surface area contributed by atoms with E-state index in [1.54, 1.807) is 12.4 Å². The maximum Gasteiger partial charge on any atom is 0.256 e. The molecular formula is C27H29N5O3S2. The van der Waals surface area contributed by atoms with Crippen LogP contribution in [0.1, 0.15) is 36.3 Å². The van der Waals surface area contributed by atoms with Gasteiger partial charge < -0.3 is 20.9 Å². The Balaban J connectivity index is 1.54. The van der Waals surface area contributed by atoms with Gasteiger partial charge in [0.05, 0.1) is 27.7 Å².